The van der Waals surface area contributed by atoms with E-state index in [9.17, 15) is 22.0 Å². The van der Waals surface area contributed by atoms with Gasteiger partial charge in [0.25, 0.3) is 0 Å². The molecule has 17 heavy (non-hydrogen) atoms. The van der Waals surface area contributed by atoms with E-state index in [1.807, 2.05) is 0 Å². The van der Waals surface area contributed by atoms with E-state index in [-0.39, 0.29) is 12.0 Å². The maximum Gasteiger partial charge on any atom is 0.453 e. The monoisotopic (exact) mass is 248 g/mol. The maximum atomic E-state index is 13.3. The van der Waals surface area contributed by atoms with Crippen LogP contribution in [0.3, 0.4) is 0 Å². The van der Waals surface area contributed by atoms with Crippen LogP contribution in [0.4, 0.5) is 22.0 Å². The molecule has 2 rings (SSSR count). The van der Waals surface area contributed by atoms with Crippen molar-refractivity contribution < 1.29 is 22.0 Å². The van der Waals surface area contributed by atoms with Gasteiger partial charge >= 0.3 is 12.1 Å². The Morgan fingerprint density at radius 1 is 1.00 bits per heavy atom. The predicted molar refractivity (Wildman–Crippen MR) is 53.8 cm³/mol. The molecular formula is C12H9F5. The number of rotatable bonds is 1. The molecule has 1 unspecified atom stereocenters. The zero-order valence-electron chi connectivity index (χ0n) is 8.64. The highest BCUT2D eigenvalue weighted by molar-refractivity contribution is 5.58. The lowest BCUT2D eigenvalue weighted by Crippen LogP contribution is -2.42. The van der Waals surface area contributed by atoms with Crippen molar-refractivity contribution in [3.63, 3.8) is 0 Å². The van der Waals surface area contributed by atoms with Gasteiger partial charge in [0.05, 0.1) is 5.92 Å². The molecule has 0 saturated heterocycles. The van der Waals surface area contributed by atoms with E-state index in [1.54, 1.807) is 12.1 Å². The number of alkyl halides is 5. The lowest BCUT2D eigenvalue weighted by Gasteiger charge is -2.31. The van der Waals surface area contributed by atoms with Crippen molar-refractivity contribution in [2.24, 2.45) is 0 Å². The summed E-state index contributed by atoms with van der Waals surface area (Å²) in [4.78, 5) is 0. The van der Waals surface area contributed by atoms with Crippen LogP contribution in [0.2, 0.25) is 0 Å². The van der Waals surface area contributed by atoms with Gasteiger partial charge in [0.2, 0.25) is 0 Å². The summed E-state index contributed by atoms with van der Waals surface area (Å²) >= 11 is 0. The summed E-state index contributed by atoms with van der Waals surface area (Å²) in [6.45, 7) is 0. The van der Waals surface area contributed by atoms with Crippen LogP contribution in [0, 0.1) is 0 Å². The van der Waals surface area contributed by atoms with Gasteiger partial charge in [-0.15, -0.1) is 0 Å². The van der Waals surface area contributed by atoms with Gasteiger partial charge in [-0.05, 0) is 17.5 Å². The van der Waals surface area contributed by atoms with E-state index in [4.69, 9.17) is 0 Å². The van der Waals surface area contributed by atoms with Gasteiger partial charge in [-0.3, -0.25) is 0 Å². The van der Waals surface area contributed by atoms with Gasteiger partial charge in [0, 0.05) is 0 Å². The Bertz CT molecular complexity index is 444. The minimum atomic E-state index is -5.52. The second-order valence-corrected chi connectivity index (χ2v) is 3.94. The van der Waals surface area contributed by atoms with E-state index < -0.39 is 18.0 Å². The number of fused-ring (bicyclic) bond motifs is 1. The lowest BCUT2D eigenvalue weighted by molar-refractivity contribution is -0.291. The Balaban J connectivity index is 2.46. The molecule has 0 fully saturated rings. The Kier molecular flexibility index (Phi) is 2.72. The topological polar surface area (TPSA) is 0 Å². The highest BCUT2D eigenvalue weighted by Crippen LogP contribution is 2.49. The molecule has 92 valence electrons. The molecule has 0 heterocycles. The van der Waals surface area contributed by atoms with Gasteiger partial charge in [0.15, 0.2) is 0 Å². The van der Waals surface area contributed by atoms with E-state index in [0.717, 1.165) is 0 Å². The number of halogens is 5. The summed E-state index contributed by atoms with van der Waals surface area (Å²) < 4.78 is 63.7. The lowest BCUT2D eigenvalue weighted by atomic mass is 9.82. The average Bonchev–Trinajstić information content (AvgIpc) is 2.26. The third-order valence-corrected chi connectivity index (χ3v) is 2.86. The first-order valence-corrected chi connectivity index (χ1v) is 5.04. The molecule has 0 aliphatic heterocycles. The number of allylic oxidation sites excluding steroid dienone is 1. The van der Waals surface area contributed by atoms with Crippen LogP contribution in [0.15, 0.2) is 30.3 Å². The molecule has 0 saturated carbocycles. The maximum absolute atomic E-state index is 13.3. The van der Waals surface area contributed by atoms with E-state index in [0.29, 0.717) is 5.56 Å². The number of benzene rings is 1. The largest absolute Gasteiger partial charge is 0.453 e. The second kappa shape index (κ2) is 3.82. The Labute approximate surface area is 94.8 Å². The van der Waals surface area contributed by atoms with Crippen molar-refractivity contribution in [1.29, 1.82) is 0 Å². The first kappa shape index (κ1) is 12.1. The molecule has 0 aromatic heterocycles. The summed E-state index contributed by atoms with van der Waals surface area (Å²) in [7, 11) is 0. The van der Waals surface area contributed by atoms with Gasteiger partial charge in [-0.2, -0.15) is 22.0 Å². The van der Waals surface area contributed by atoms with E-state index in [1.165, 1.54) is 24.3 Å². The molecular weight excluding hydrogens is 239 g/mol. The first-order valence-electron chi connectivity index (χ1n) is 5.04. The summed E-state index contributed by atoms with van der Waals surface area (Å²) in [5.74, 6) is -6.53. The quantitative estimate of drug-likeness (QED) is 0.647. The molecule has 0 nitrogen and oxygen atoms in total. The summed E-state index contributed by atoms with van der Waals surface area (Å²) in [6, 6.07) is 5.93. The molecule has 5 heteroatoms. The van der Waals surface area contributed by atoms with Gasteiger partial charge < -0.3 is 0 Å². The predicted octanol–water partition coefficient (Wildman–Crippen LogP) is 4.38. The fraction of sp³-hybridized carbons (Fsp3) is 0.333. The average molecular weight is 248 g/mol. The molecule has 1 aliphatic carbocycles. The van der Waals surface area contributed by atoms with Crippen molar-refractivity contribution >= 4 is 6.08 Å². The molecule has 0 N–H and O–H groups in total. The van der Waals surface area contributed by atoms with E-state index >= 15 is 0 Å². The SMILES string of the molecule is FC(F)(F)C(F)(F)C1CC=Cc2ccccc21. The van der Waals surface area contributed by atoms with Gasteiger partial charge in [-0.1, -0.05) is 36.4 Å². The van der Waals surface area contributed by atoms with E-state index in [2.05, 4.69) is 0 Å². The summed E-state index contributed by atoms with van der Waals surface area (Å²) in [6.07, 6.45) is -2.90. The third-order valence-electron chi connectivity index (χ3n) is 2.86. The molecule has 1 aromatic carbocycles. The van der Waals surface area contributed by atoms with Crippen LogP contribution in [-0.4, -0.2) is 12.1 Å². The zero-order chi connectivity index (χ0) is 12.7. The van der Waals surface area contributed by atoms with Crippen LogP contribution in [0.25, 0.3) is 6.08 Å². The molecule has 1 atom stereocenters. The number of hydrogen-bond donors (Lipinski definition) is 0. The minimum Gasteiger partial charge on any atom is -0.196 e. The standard InChI is InChI=1S/C12H9F5/c13-11(14,12(15,16)17)10-7-3-5-8-4-1-2-6-9(8)10/h1-6,10H,7H2. The van der Waals surface area contributed by atoms with Crippen molar-refractivity contribution in [3.05, 3.63) is 41.5 Å². The smallest absolute Gasteiger partial charge is 0.196 e. The molecule has 1 aromatic rings. The Morgan fingerprint density at radius 3 is 2.29 bits per heavy atom. The second-order valence-electron chi connectivity index (χ2n) is 3.94. The minimum absolute atomic E-state index is 0.0531. The van der Waals surface area contributed by atoms with Crippen LogP contribution < -0.4 is 0 Å². The highest BCUT2D eigenvalue weighted by Gasteiger charge is 2.62. The zero-order valence-corrected chi connectivity index (χ0v) is 8.64. The van der Waals surface area contributed by atoms with Crippen LogP contribution in [-0.2, 0) is 0 Å². The normalized spacial score (nSPS) is 20.2. The molecule has 0 radical (unpaired) electrons. The third kappa shape index (κ3) is 1.94. The summed E-state index contributed by atoms with van der Waals surface area (Å²) in [5.41, 5.74) is 0.477. The molecule has 1 aliphatic rings. The highest BCUT2D eigenvalue weighted by atomic mass is 19.4. The van der Waals surface area contributed by atoms with Crippen molar-refractivity contribution in [2.45, 2.75) is 24.4 Å². The summed E-state index contributed by atoms with van der Waals surface area (Å²) in [5, 5.41) is 0. The van der Waals surface area contributed by atoms with Crippen molar-refractivity contribution in [3.8, 4) is 0 Å². The molecule has 0 bridgehead atoms. The Hall–Kier alpha value is -1.39. The number of hydrogen-bond acceptors (Lipinski definition) is 0. The molecule has 0 spiro atoms. The van der Waals surface area contributed by atoms with Crippen LogP contribution in [0.1, 0.15) is 23.5 Å². The van der Waals surface area contributed by atoms with Crippen LogP contribution in [0.5, 0.6) is 0 Å². The Morgan fingerprint density at radius 2 is 1.65 bits per heavy atom. The van der Waals surface area contributed by atoms with Crippen LogP contribution >= 0.6 is 0 Å². The van der Waals surface area contributed by atoms with Gasteiger partial charge in [-0.25, -0.2) is 0 Å². The first-order chi connectivity index (χ1) is 7.84. The fourth-order valence-electron chi connectivity index (χ4n) is 1.98. The van der Waals surface area contributed by atoms with Crippen molar-refractivity contribution in [2.75, 3.05) is 0 Å². The van der Waals surface area contributed by atoms with Gasteiger partial charge in [0.1, 0.15) is 0 Å². The fourth-order valence-corrected chi connectivity index (χ4v) is 1.98. The molecule has 0 amide bonds. The van der Waals surface area contributed by atoms with Crippen molar-refractivity contribution in [1.82, 2.24) is 0 Å².